The Morgan fingerprint density at radius 3 is 2.50 bits per heavy atom. The van der Waals surface area contributed by atoms with Gasteiger partial charge in [0.05, 0.1) is 17.8 Å². The molecule has 0 N–H and O–H groups in total. The van der Waals surface area contributed by atoms with Gasteiger partial charge in [0.15, 0.2) is 0 Å². The molecule has 1 saturated heterocycles. The van der Waals surface area contributed by atoms with Crippen LogP contribution in [0, 0.1) is 0 Å². The predicted molar refractivity (Wildman–Crippen MR) is 102 cm³/mol. The quantitative estimate of drug-likeness (QED) is 0.783. The van der Waals surface area contributed by atoms with Gasteiger partial charge in [-0.05, 0) is 42.3 Å². The number of halogens is 2. The molecule has 0 saturated carbocycles. The molecule has 0 bridgehead atoms. The lowest BCUT2D eigenvalue weighted by Crippen LogP contribution is -2.47. The van der Waals surface area contributed by atoms with Crippen molar-refractivity contribution in [2.24, 2.45) is 0 Å². The molecule has 2 aromatic carbocycles. The van der Waals surface area contributed by atoms with Crippen LogP contribution in [0.2, 0.25) is 10.0 Å². The maximum Gasteiger partial charge on any atom is 0.119 e. The zero-order valence-corrected chi connectivity index (χ0v) is 15.4. The van der Waals surface area contributed by atoms with Crippen molar-refractivity contribution in [3.63, 3.8) is 0 Å². The fraction of sp³-hybridized carbons (Fsp3) is 0.368. The second kappa shape index (κ2) is 8.11. The SMILES string of the molecule is COc1cccc(CCN2CCN(c3ccc(Cl)cc3Cl)CC2)c1. The zero-order valence-electron chi connectivity index (χ0n) is 13.8. The van der Waals surface area contributed by atoms with E-state index in [9.17, 15) is 0 Å². The Morgan fingerprint density at radius 2 is 1.79 bits per heavy atom. The maximum absolute atomic E-state index is 6.32. The van der Waals surface area contributed by atoms with Crippen molar-refractivity contribution in [2.45, 2.75) is 6.42 Å². The van der Waals surface area contributed by atoms with Gasteiger partial charge < -0.3 is 9.64 Å². The molecule has 0 aliphatic carbocycles. The van der Waals surface area contributed by atoms with Crippen molar-refractivity contribution in [2.75, 3.05) is 44.7 Å². The number of rotatable bonds is 5. The van der Waals surface area contributed by atoms with Gasteiger partial charge in [0.25, 0.3) is 0 Å². The predicted octanol–water partition coefficient (Wildman–Crippen LogP) is 4.37. The Hall–Kier alpha value is -1.42. The van der Waals surface area contributed by atoms with Gasteiger partial charge in [0.2, 0.25) is 0 Å². The molecule has 0 spiro atoms. The van der Waals surface area contributed by atoms with Crippen molar-refractivity contribution in [3.8, 4) is 5.75 Å². The van der Waals surface area contributed by atoms with Gasteiger partial charge in [0.1, 0.15) is 5.75 Å². The van der Waals surface area contributed by atoms with Crippen LogP contribution < -0.4 is 9.64 Å². The summed E-state index contributed by atoms with van der Waals surface area (Å²) in [6.07, 6.45) is 1.04. The summed E-state index contributed by atoms with van der Waals surface area (Å²) in [5.74, 6) is 0.926. The highest BCUT2D eigenvalue weighted by Crippen LogP contribution is 2.29. The third-order valence-electron chi connectivity index (χ3n) is 4.47. The average molecular weight is 365 g/mol. The van der Waals surface area contributed by atoms with Crippen LogP contribution in [0.4, 0.5) is 5.69 Å². The van der Waals surface area contributed by atoms with E-state index in [1.54, 1.807) is 7.11 Å². The highest BCUT2D eigenvalue weighted by Gasteiger charge is 2.18. The van der Waals surface area contributed by atoms with Crippen molar-refractivity contribution in [1.82, 2.24) is 4.90 Å². The average Bonchev–Trinajstić information content (AvgIpc) is 2.61. The molecule has 1 aliphatic rings. The zero-order chi connectivity index (χ0) is 16.9. The first kappa shape index (κ1) is 17.4. The number of methoxy groups -OCH3 is 1. The summed E-state index contributed by atoms with van der Waals surface area (Å²) in [6.45, 7) is 5.13. The number of nitrogens with zero attached hydrogens (tertiary/aromatic N) is 2. The van der Waals surface area contributed by atoms with Gasteiger partial charge in [0, 0.05) is 37.7 Å². The van der Waals surface area contributed by atoms with Crippen LogP contribution in [0.1, 0.15) is 5.56 Å². The van der Waals surface area contributed by atoms with Crippen LogP contribution in [0.3, 0.4) is 0 Å². The molecule has 1 heterocycles. The molecule has 0 radical (unpaired) electrons. The topological polar surface area (TPSA) is 15.7 Å². The second-order valence-electron chi connectivity index (χ2n) is 6.03. The first-order valence-corrected chi connectivity index (χ1v) is 8.96. The largest absolute Gasteiger partial charge is 0.497 e. The molecular weight excluding hydrogens is 343 g/mol. The number of hydrogen-bond acceptors (Lipinski definition) is 3. The summed E-state index contributed by atoms with van der Waals surface area (Å²) in [6, 6.07) is 14.0. The van der Waals surface area contributed by atoms with Gasteiger partial charge in [-0.15, -0.1) is 0 Å². The minimum atomic E-state index is 0.681. The summed E-state index contributed by atoms with van der Waals surface area (Å²) in [4.78, 5) is 4.83. The van der Waals surface area contributed by atoms with Crippen LogP contribution in [0.25, 0.3) is 0 Å². The molecule has 3 nitrogen and oxygen atoms in total. The fourth-order valence-electron chi connectivity index (χ4n) is 3.07. The molecule has 0 atom stereocenters. The van der Waals surface area contributed by atoms with Crippen molar-refractivity contribution in [1.29, 1.82) is 0 Å². The first-order chi connectivity index (χ1) is 11.7. The Labute approximate surface area is 153 Å². The lowest BCUT2D eigenvalue weighted by molar-refractivity contribution is 0.261. The lowest BCUT2D eigenvalue weighted by atomic mass is 10.1. The van der Waals surface area contributed by atoms with Crippen molar-refractivity contribution in [3.05, 3.63) is 58.1 Å². The van der Waals surface area contributed by atoms with Crippen molar-refractivity contribution < 1.29 is 4.74 Å². The molecule has 24 heavy (non-hydrogen) atoms. The van der Waals surface area contributed by atoms with Crippen LogP contribution in [-0.4, -0.2) is 44.7 Å². The molecule has 0 unspecified atom stereocenters. The number of ether oxygens (including phenoxy) is 1. The molecule has 1 fully saturated rings. The smallest absolute Gasteiger partial charge is 0.119 e. The standard InChI is InChI=1S/C19H22Cl2N2O/c1-24-17-4-2-3-15(13-17)7-8-22-9-11-23(12-10-22)19-6-5-16(20)14-18(19)21/h2-6,13-14H,7-12H2,1H3. The Bertz CT molecular complexity index is 685. The Kier molecular flexibility index (Phi) is 5.88. The first-order valence-electron chi connectivity index (χ1n) is 8.21. The molecule has 0 amide bonds. The summed E-state index contributed by atoms with van der Waals surface area (Å²) in [5, 5.41) is 1.41. The van der Waals surface area contributed by atoms with Crippen LogP contribution in [0.15, 0.2) is 42.5 Å². The summed E-state index contributed by atoms with van der Waals surface area (Å²) >= 11 is 12.3. The number of hydrogen-bond donors (Lipinski definition) is 0. The molecule has 3 rings (SSSR count). The van der Waals surface area contributed by atoms with E-state index >= 15 is 0 Å². The second-order valence-corrected chi connectivity index (χ2v) is 6.87. The van der Waals surface area contributed by atoms with Gasteiger partial charge in [-0.3, -0.25) is 4.90 Å². The van der Waals surface area contributed by atoms with Crippen LogP contribution in [-0.2, 0) is 6.42 Å². The van der Waals surface area contributed by atoms with Gasteiger partial charge in [-0.1, -0.05) is 35.3 Å². The Morgan fingerprint density at radius 1 is 1.00 bits per heavy atom. The minimum absolute atomic E-state index is 0.681. The highest BCUT2D eigenvalue weighted by molar-refractivity contribution is 6.36. The normalized spacial score (nSPS) is 15.5. The molecule has 0 aromatic heterocycles. The molecule has 2 aromatic rings. The van der Waals surface area contributed by atoms with Crippen LogP contribution >= 0.6 is 23.2 Å². The van der Waals surface area contributed by atoms with E-state index in [1.807, 2.05) is 24.3 Å². The highest BCUT2D eigenvalue weighted by atomic mass is 35.5. The van der Waals surface area contributed by atoms with E-state index < -0.39 is 0 Å². The maximum atomic E-state index is 6.32. The van der Waals surface area contributed by atoms with E-state index in [-0.39, 0.29) is 0 Å². The van der Waals surface area contributed by atoms with E-state index in [1.165, 1.54) is 5.56 Å². The van der Waals surface area contributed by atoms with Gasteiger partial charge in [-0.25, -0.2) is 0 Å². The van der Waals surface area contributed by atoms with Gasteiger partial charge >= 0.3 is 0 Å². The number of benzene rings is 2. The third kappa shape index (κ3) is 4.35. The monoisotopic (exact) mass is 364 g/mol. The lowest BCUT2D eigenvalue weighted by Gasteiger charge is -2.36. The summed E-state index contributed by atoms with van der Waals surface area (Å²) in [7, 11) is 1.71. The summed E-state index contributed by atoms with van der Waals surface area (Å²) < 4.78 is 5.29. The van der Waals surface area contributed by atoms with E-state index in [0.717, 1.165) is 55.6 Å². The van der Waals surface area contributed by atoms with E-state index in [4.69, 9.17) is 27.9 Å². The summed E-state index contributed by atoms with van der Waals surface area (Å²) in [5.41, 5.74) is 2.39. The molecule has 128 valence electrons. The van der Waals surface area contributed by atoms with E-state index in [2.05, 4.69) is 28.0 Å². The Balaban J connectivity index is 1.51. The number of piperazine rings is 1. The molecule has 1 aliphatic heterocycles. The van der Waals surface area contributed by atoms with Crippen molar-refractivity contribution >= 4 is 28.9 Å². The van der Waals surface area contributed by atoms with Crippen LogP contribution in [0.5, 0.6) is 5.75 Å². The fourth-order valence-corrected chi connectivity index (χ4v) is 3.59. The van der Waals surface area contributed by atoms with Gasteiger partial charge in [-0.2, -0.15) is 0 Å². The number of anilines is 1. The molecule has 5 heteroatoms. The third-order valence-corrected chi connectivity index (χ3v) is 5.01. The minimum Gasteiger partial charge on any atom is -0.497 e. The molecular formula is C19H22Cl2N2O. The van der Waals surface area contributed by atoms with E-state index in [0.29, 0.717) is 5.02 Å².